The summed E-state index contributed by atoms with van der Waals surface area (Å²) in [4.78, 5) is 13.3. The molecule has 0 amide bonds. The van der Waals surface area contributed by atoms with E-state index in [9.17, 15) is 13.2 Å². The van der Waals surface area contributed by atoms with Gasteiger partial charge in [0, 0.05) is 30.4 Å². The fourth-order valence-corrected chi connectivity index (χ4v) is 3.52. The number of fused-ring (bicyclic) bond motifs is 1. The third kappa shape index (κ3) is 3.80. The van der Waals surface area contributed by atoms with Crippen LogP contribution in [-0.4, -0.2) is 34.1 Å². The van der Waals surface area contributed by atoms with Gasteiger partial charge in [0.1, 0.15) is 5.82 Å². The number of aromatic nitrogens is 3. The van der Waals surface area contributed by atoms with Crippen LogP contribution in [0, 0.1) is 0 Å². The Kier molecular flexibility index (Phi) is 4.59. The molecule has 1 fully saturated rings. The third-order valence-corrected chi connectivity index (χ3v) is 4.91. The quantitative estimate of drug-likeness (QED) is 0.674. The number of nitrogens with one attached hydrogen (secondary N) is 2. The molecule has 0 radical (unpaired) electrons. The number of nitrogens with zero attached hydrogens (tertiary/aromatic N) is 3. The second kappa shape index (κ2) is 6.92. The van der Waals surface area contributed by atoms with E-state index in [1.54, 1.807) is 17.0 Å². The van der Waals surface area contributed by atoms with Crippen LogP contribution < -0.4 is 10.2 Å². The zero-order chi connectivity index (χ0) is 19.0. The molecule has 0 saturated carbocycles. The number of H-pyrrole nitrogens is 1. The van der Waals surface area contributed by atoms with Crippen LogP contribution in [0.4, 0.5) is 24.9 Å². The molecule has 1 aromatic carbocycles. The van der Waals surface area contributed by atoms with Crippen LogP contribution in [0.2, 0.25) is 5.02 Å². The number of alkyl halides is 3. The van der Waals surface area contributed by atoms with Gasteiger partial charge in [-0.3, -0.25) is 0 Å². The molecule has 2 N–H and O–H groups in total. The molecule has 4 rings (SSSR count). The van der Waals surface area contributed by atoms with Crippen molar-refractivity contribution in [3.8, 4) is 0 Å². The molecule has 2 aromatic heterocycles. The monoisotopic (exact) mass is 395 g/mol. The average Bonchev–Trinajstić information content (AvgIpc) is 3.03. The van der Waals surface area contributed by atoms with Crippen molar-refractivity contribution in [2.45, 2.75) is 25.1 Å². The van der Waals surface area contributed by atoms with Crippen molar-refractivity contribution in [3.05, 3.63) is 47.1 Å². The molecule has 0 unspecified atom stereocenters. The summed E-state index contributed by atoms with van der Waals surface area (Å²) in [6, 6.07) is 7.92. The van der Waals surface area contributed by atoms with Crippen molar-refractivity contribution in [2.75, 3.05) is 23.3 Å². The summed E-state index contributed by atoms with van der Waals surface area (Å²) in [5.74, 6) is 0.640. The van der Waals surface area contributed by atoms with Crippen LogP contribution >= 0.6 is 11.6 Å². The van der Waals surface area contributed by atoms with E-state index in [1.807, 2.05) is 6.07 Å². The lowest BCUT2D eigenvalue weighted by Crippen LogP contribution is -2.40. The lowest BCUT2D eigenvalue weighted by atomic mass is 10.0. The van der Waals surface area contributed by atoms with Gasteiger partial charge in [-0.1, -0.05) is 11.6 Å². The van der Waals surface area contributed by atoms with E-state index >= 15 is 0 Å². The number of pyridine rings is 1. The predicted octanol–water partition coefficient (Wildman–Crippen LogP) is 4.71. The Balaban J connectivity index is 1.43. The molecule has 142 valence electrons. The molecule has 27 heavy (non-hydrogen) atoms. The number of benzene rings is 1. The minimum absolute atomic E-state index is 0.00169. The van der Waals surface area contributed by atoms with E-state index in [0.717, 1.165) is 17.1 Å². The van der Waals surface area contributed by atoms with Crippen molar-refractivity contribution >= 4 is 34.4 Å². The molecular formula is C18H17ClF3N5. The molecule has 1 saturated heterocycles. The van der Waals surface area contributed by atoms with Crippen LogP contribution in [0.1, 0.15) is 18.4 Å². The van der Waals surface area contributed by atoms with Crippen molar-refractivity contribution in [1.29, 1.82) is 0 Å². The highest BCUT2D eigenvalue weighted by Gasteiger charge is 2.36. The van der Waals surface area contributed by atoms with E-state index in [0.29, 0.717) is 36.9 Å². The Morgan fingerprint density at radius 3 is 2.70 bits per heavy atom. The van der Waals surface area contributed by atoms with Crippen LogP contribution in [0.25, 0.3) is 11.0 Å². The number of imidazole rings is 1. The standard InChI is InChI=1S/C18H17ClF3N5/c19-11-3-4-14-15(10-11)26-17(25-14)24-12-5-8-27(9-6-12)16-13(18(20,21)22)2-1-7-23-16/h1-4,7,10,12H,5-6,8-9H2,(H2,24,25,26). The van der Waals surface area contributed by atoms with E-state index in [2.05, 4.69) is 20.3 Å². The molecule has 0 bridgehead atoms. The van der Waals surface area contributed by atoms with E-state index in [-0.39, 0.29) is 11.9 Å². The number of halogens is 4. The summed E-state index contributed by atoms with van der Waals surface area (Å²) >= 11 is 5.98. The number of hydrogen-bond donors (Lipinski definition) is 2. The summed E-state index contributed by atoms with van der Waals surface area (Å²) < 4.78 is 39.6. The smallest absolute Gasteiger partial charge is 0.356 e. The number of rotatable bonds is 3. The molecule has 3 aromatic rings. The second-order valence-electron chi connectivity index (χ2n) is 6.52. The van der Waals surface area contributed by atoms with Crippen molar-refractivity contribution in [1.82, 2.24) is 15.0 Å². The number of piperidine rings is 1. The zero-order valence-electron chi connectivity index (χ0n) is 14.2. The van der Waals surface area contributed by atoms with Crippen molar-refractivity contribution in [3.63, 3.8) is 0 Å². The van der Waals surface area contributed by atoms with Gasteiger partial charge in [-0.05, 0) is 43.2 Å². The maximum atomic E-state index is 13.2. The minimum Gasteiger partial charge on any atom is -0.356 e. The maximum absolute atomic E-state index is 13.2. The van der Waals surface area contributed by atoms with Crippen LogP contribution in [0.5, 0.6) is 0 Å². The van der Waals surface area contributed by atoms with Crippen LogP contribution in [0.3, 0.4) is 0 Å². The number of aromatic amines is 1. The fourth-order valence-electron chi connectivity index (χ4n) is 3.35. The van der Waals surface area contributed by atoms with E-state index in [4.69, 9.17) is 11.6 Å². The maximum Gasteiger partial charge on any atom is 0.419 e. The Hall–Kier alpha value is -2.48. The molecule has 1 aliphatic heterocycles. The van der Waals surface area contributed by atoms with Gasteiger partial charge in [-0.15, -0.1) is 0 Å². The Morgan fingerprint density at radius 2 is 1.96 bits per heavy atom. The van der Waals surface area contributed by atoms with Gasteiger partial charge in [-0.25, -0.2) is 9.97 Å². The van der Waals surface area contributed by atoms with Gasteiger partial charge >= 0.3 is 6.18 Å². The lowest BCUT2D eigenvalue weighted by Gasteiger charge is -2.34. The molecule has 5 nitrogen and oxygen atoms in total. The average molecular weight is 396 g/mol. The Morgan fingerprint density at radius 1 is 1.19 bits per heavy atom. The van der Waals surface area contributed by atoms with Gasteiger partial charge in [0.05, 0.1) is 16.6 Å². The van der Waals surface area contributed by atoms with Gasteiger partial charge in [0.25, 0.3) is 0 Å². The summed E-state index contributed by atoms with van der Waals surface area (Å²) in [7, 11) is 0. The Bertz CT molecular complexity index is 948. The molecule has 0 spiro atoms. The third-order valence-electron chi connectivity index (χ3n) is 4.67. The number of anilines is 2. The van der Waals surface area contributed by atoms with Gasteiger partial charge in [0.2, 0.25) is 5.95 Å². The molecule has 9 heteroatoms. The van der Waals surface area contributed by atoms with Crippen molar-refractivity contribution < 1.29 is 13.2 Å². The first-order valence-electron chi connectivity index (χ1n) is 8.59. The second-order valence-corrected chi connectivity index (χ2v) is 6.96. The predicted molar refractivity (Wildman–Crippen MR) is 99.2 cm³/mol. The first kappa shape index (κ1) is 17.9. The van der Waals surface area contributed by atoms with E-state index in [1.165, 1.54) is 12.3 Å². The molecular weight excluding hydrogens is 379 g/mol. The molecule has 1 aliphatic rings. The van der Waals surface area contributed by atoms with Gasteiger partial charge in [0.15, 0.2) is 0 Å². The van der Waals surface area contributed by atoms with E-state index < -0.39 is 11.7 Å². The molecule has 0 atom stereocenters. The Labute approximate surface area is 158 Å². The highest BCUT2D eigenvalue weighted by molar-refractivity contribution is 6.31. The molecule has 0 aliphatic carbocycles. The highest BCUT2D eigenvalue weighted by Crippen LogP contribution is 2.36. The topological polar surface area (TPSA) is 56.8 Å². The summed E-state index contributed by atoms with van der Waals surface area (Å²) in [5.41, 5.74) is 0.957. The summed E-state index contributed by atoms with van der Waals surface area (Å²) in [6.07, 6.45) is -1.64. The van der Waals surface area contributed by atoms with Crippen LogP contribution in [0.15, 0.2) is 36.5 Å². The van der Waals surface area contributed by atoms with Crippen LogP contribution in [-0.2, 0) is 6.18 Å². The first-order chi connectivity index (χ1) is 12.9. The lowest BCUT2D eigenvalue weighted by molar-refractivity contribution is -0.137. The first-order valence-corrected chi connectivity index (χ1v) is 8.97. The number of hydrogen-bond acceptors (Lipinski definition) is 4. The minimum atomic E-state index is -4.41. The van der Waals surface area contributed by atoms with Gasteiger partial charge in [-0.2, -0.15) is 13.2 Å². The normalized spacial score (nSPS) is 16.1. The van der Waals surface area contributed by atoms with Gasteiger partial charge < -0.3 is 15.2 Å². The molecule has 3 heterocycles. The fraction of sp³-hybridized carbons (Fsp3) is 0.333. The largest absolute Gasteiger partial charge is 0.419 e. The summed E-state index contributed by atoms with van der Waals surface area (Å²) in [5, 5.41) is 3.95. The van der Waals surface area contributed by atoms with Crippen molar-refractivity contribution in [2.24, 2.45) is 0 Å². The zero-order valence-corrected chi connectivity index (χ0v) is 15.0. The SMILES string of the molecule is FC(F)(F)c1cccnc1N1CCC(Nc2nc3ccc(Cl)cc3[nH]2)CC1. The summed E-state index contributed by atoms with van der Waals surface area (Å²) in [6.45, 7) is 0.980. The highest BCUT2D eigenvalue weighted by atomic mass is 35.5.